The van der Waals surface area contributed by atoms with Crippen molar-refractivity contribution in [3.63, 3.8) is 0 Å². The highest BCUT2D eigenvalue weighted by atomic mass is 32.2. The molecule has 3 aromatic carbocycles. The van der Waals surface area contributed by atoms with Crippen LogP contribution in [0.25, 0.3) is 10.8 Å². The Hall–Kier alpha value is -3.39. The van der Waals surface area contributed by atoms with Crippen LogP contribution < -0.4 is 9.62 Å². The number of aryl methyl sites for hydroxylation is 1. The van der Waals surface area contributed by atoms with Gasteiger partial charge in [-0.05, 0) is 56.2 Å². The fraction of sp³-hybridized carbons (Fsp3) is 0.419. The number of amides is 2. The molecule has 39 heavy (non-hydrogen) atoms. The molecule has 1 atom stereocenters. The summed E-state index contributed by atoms with van der Waals surface area (Å²) in [5.41, 5.74) is 2.71. The zero-order valence-corrected chi connectivity index (χ0v) is 23.5. The van der Waals surface area contributed by atoms with Crippen molar-refractivity contribution < 1.29 is 18.0 Å². The molecule has 3 aromatic rings. The average molecular weight is 548 g/mol. The van der Waals surface area contributed by atoms with E-state index in [0.29, 0.717) is 23.5 Å². The zero-order chi connectivity index (χ0) is 27.6. The molecule has 0 spiro atoms. The minimum absolute atomic E-state index is 0.132. The van der Waals surface area contributed by atoms with Gasteiger partial charge < -0.3 is 10.2 Å². The van der Waals surface area contributed by atoms with Gasteiger partial charge in [0.1, 0.15) is 6.04 Å². The van der Waals surface area contributed by atoms with Gasteiger partial charge in [0.15, 0.2) is 0 Å². The standard InChI is InChI=1S/C31H37N3O4S/c1-22-10-6-11-24(20-22)21-33(23(2)31(36)32-26-14-4-3-5-15-26)29(35)18-9-19-34-27-16-7-12-25-13-8-17-28(30(25)27)39(34,37)38/h6-8,10-13,16-17,20,23,26H,3-5,9,14-15,18-19,21H2,1-2H3,(H,32,36). The minimum atomic E-state index is -3.67. The summed E-state index contributed by atoms with van der Waals surface area (Å²) in [4.78, 5) is 28.8. The molecule has 1 fully saturated rings. The van der Waals surface area contributed by atoms with E-state index in [9.17, 15) is 18.0 Å². The lowest BCUT2D eigenvalue weighted by Crippen LogP contribution is -2.50. The van der Waals surface area contributed by atoms with Crippen molar-refractivity contribution in [2.24, 2.45) is 0 Å². The molecule has 206 valence electrons. The van der Waals surface area contributed by atoms with Gasteiger partial charge in [0.05, 0.1) is 10.6 Å². The highest BCUT2D eigenvalue weighted by molar-refractivity contribution is 7.93. The van der Waals surface area contributed by atoms with Gasteiger partial charge in [-0.15, -0.1) is 0 Å². The number of rotatable bonds is 9. The van der Waals surface area contributed by atoms with E-state index < -0.39 is 16.1 Å². The third-order valence-electron chi connectivity index (χ3n) is 7.99. The quantitative estimate of drug-likeness (QED) is 0.394. The second-order valence-electron chi connectivity index (χ2n) is 10.8. The molecule has 8 heteroatoms. The zero-order valence-electron chi connectivity index (χ0n) is 22.7. The Morgan fingerprint density at radius 3 is 2.49 bits per heavy atom. The molecule has 0 saturated heterocycles. The van der Waals surface area contributed by atoms with Crippen LogP contribution in [-0.4, -0.2) is 43.8 Å². The van der Waals surface area contributed by atoms with Crippen LogP contribution >= 0.6 is 0 Å². The van der Waals surface area contributed by atoms with Gasteiger partial charge in [-0.1, -0.05) is 73.4 Å². The molecule has 0 aromatic heterocycles. The minimum Gasteiger partial charge on any atom is -0.352 e. The summed E-state index contributed by atoms with van der Waals surface area (Å²) in [6.45, 7) is 4.31. The summed E-state index contributed by atoms with van der Waals surface area (Å²) >= 11 is 0. The second kappa shape index (κ2) is 11.4. The van der Waals surface area contributed by atoms with E-state index in [-0.39, 0.29) is 30.8 Å². The van der Waals surface area contributed by atoms with Crippen LogP contribution in [0.3, 0.4) is 0 Å². The molecule has 2 aliphatic rings. The first-order chi connectivity index (χ1) is 18.8. The Balaban J connectivity index is 1.29. The highest BCUT2D eigenvalue weighted by Crippen LogP contribution is 2.42. The number of carbonyl (C=O) groups excluding carboxylic acids is 2. The molecule has 7 nitrogen and oxygen atoms in total. The van der Waals surface area contributed by atoms with E-state index in [0.717, 1.165) is 47.6 Å². The van der Waals surface area contributed by atoms with Gasteiger partial charge in [-0.2, -0.15) is 0 Å². The van der Waals surface area contributed by atoms with Crippen LogP contribution in [0.5, 0.6) is 0 Å². The number of carbonyl (C=O) groups is 2. The first-order valence-corrected chi connectivity index (χ1v) is 15.4. The van der Waals surface area contributed by atoms with Crippen molar-refractivity contribution in [2.75, 3.05) is 10.8 Å². The number of hydrogen-bond donors (Lipinski definition) is 1. The first-order valence-electron chi connectivity index (χ1n) is 14.0. The van der Waals surface area contributed by atoms with Crippen molar-refractivity contribution in [3.05, 3.63) is 71.8 Å². The Kier molecular flexibility index (Phi) is 7.93. The lowest BCUT2D eigenvalue weighted by molar-refractivity contribution is -0.141. The summed E-state index contributed by atoms with van der Waals surface area (Å²) in [5.74, 6) is -0.290. The summed E-state index contributed by atoms with van der Waals surface area (Å²) in [5, 5.41) is 4.78. The van der Waals surface area contributed by atoms with E-state index in [1.165, 1.54) is 10.7 Å². The van der Waals surface area contributed by atoms with E-state index in [1.54, 1.807) is 24.0 Å². The monoisotopic (exact) mass is 547 g/mol. The second-order valence-corrected chi connectivity index (χ2v) is 12.7. The molecule has 2 amide bonds. The van der Waals surface area contributed by atoms with Crippen molar-refractivity contribution in [1.29, 1.82) is 0 Å². The summed E-state index contributed by atoms with van der Waals surface area (Å²) in [6.07, 6.45) is 5.87. The number of nitrogens with zero attached hydrogens (tertiary/aromatic N) is 2. The SMILES string of the molecule is Cc1cccc(CN(C(=O)CCCN2c3cccc4cccc(c34)S2(=O)=O)C(C)C(=O)NC2CCCCC2)c1. The molecule has 1 aliphatic carbocycles. The third kappa shape index (κ3) is 5.66. The van der Waals surface area contributed by atoms with Crippen molar-refractivity contribution in [2.45, 2.75) is 82.3 Å². The van der Waals surface area contributed by atoms with Gasteiger partial charge in [0.2, 0.25) is 11.8 Å². The number of hydrogen-bond acceptors (Lipinski definition) is 4. The van der Waals surface area contributed by atoms with Crippen LogP contribution in [0.1, 0.15) is 63.0 Å². The summed E-state index contributed by atoms with van der Waals surface area (Å²) in [6, 6.07) is 18.4. The van der Waals surface area contributed by atoms with Crippen molar-refractivity contribution >= 4 is 38.3 Å². The van der Waals surface area contributed by atoms with E-state index in [1.807, 2.05) is 55.5 Å². The Morgan fingerprint density at radius 2 is 1.74 bits per heavy atom. The van der Waals surface area contributed by atoms with Gasteiger partial charge in [-0.3, -0.25) is 13.9 Å². The van der Waals surface area contributed by atoms with Crippen LogP contribution in [0, 0.1) is 6.92 Å². The number of benzene rings is 3. The summed E-state index contributed by atoms with van der Waals surface area (Å²) in [7, 11) is -3.67. The van der Waals surface area contributed by atoms with Crippen molar-refractivity contribution in [3.8, 4) is 0 Å². The maximum atomic E-state index is 13.6. The van der Waals surface area contributed by atoms with Gasteiger partial charge in [0, 0.05) is 30.9 Å². The van der Waals surface area contributed by atoms with Crippen LogP contribution in [0.2, 0.25) is 0 Å². The molecule has 1 heterocycles. The molecule has 0 bridgehead atoms. The number of nitrogens with one attached hydrogen (secondary N) is 1. The molecule has 1 aliphatic heterocycles. The smallest absolute Gasteiger partial charge is 0.265 e. The Labute approximate surface area is 231 Å². The molecule has 0 radical (unpaired) electrons. The van der Waals surface area contributed by atoms with E-state index in [2.05, 4.69) is 5.32 Å². The van der Waals surface area contributed by atoms with Crippen LogP contribution in [0.4, 0.5) is 5.69 Å². The Bertz CT molecular complexity index is 1470. The Morgan fingerprint density at radius 1 is 1.03 bits per heavy atom. The van der Waals surface area contributed by atoms with Gasteiger partial charge >= 0.3 is 0 Å². The van der Waals surface area contributed by atoms with Crippen LogP contribution in [0.15, 0.2) is 65.6 Å². The maximum absolute atomic E-state index is 13.6. The van der Waals surface area contributed by atoms with Crippen LogP contribution in [-0.2, 0) is 26.2 Å². The van der Waals surface area contributed by atoms with Gasteiger partial charge in [0.25, 0.3) is 10.0 Å². The average Bonchev–Trinajstić information content (AvgIpc) is 3.15. The maximum Gasteiger partial charge on any atom is 0.265 e. The molecule has 1 N–H and O–H groups in total. The molecule has 1 unspecified atom stereocenters. The molecule has 5 rings (SSSR count). The number of sulfonamides is 1. The predicted octanol–water partition coefficient (Wildman–Crippen LogP) is 5.30. The fourth-order valence-corrected chi connectivity index (χ4v) is 7.62. The van der Waals surface area contributed by atoms with Gasteiger partial charge in [-0.25, -0.2) is 8.42 Å². The number of anilines is 1. The lowest BCUT2D eigenvalue weighted by Gasteiger charge is -2.31. The third-order valence-corrected chi connectivity index (χ3v) is 9.84. The molecular formula is C31H37N3O4S. The highest BCUT2D eigenvalue weighted by Gasteiger charge is 2.35. The van der Waals surface area contributed by atoms with E-state index >= 15 is 0 Å². The first kappa shape index (κ1) is 27.2. The topological polar surface area (TPSA) is 86.8 Å². The normalized spacial score (nSPS) is 17.2. The largest absolute Gasteiger partial charge is 0.352 e. The van der Waals surface area contributed by atoms with E-state index in [4.69, 9.17) is 0 Å². The predicted molar refractivity (Wildman–Crippen MR) is 154 cm³/mol. The molecular weight excluding hydrogens is 510 g/mol. The lowest BCUT2D eigenvalue weighted by atomic mass is 9.95. The molecule has 1 saturated carbocycles. The van der Waals surface area contributed by atoms with Crippen molar-refractivity contribution in [1.82, 2.24) is 10.2 Å². The fourth-order valence-electron chi connectivity index (χ4n) is 5.88. The summed E-state index contributed by atoms with van der Waals surface area (Å²) < 4.78 is 28.0.